The second-order valence-electron chi connectivity index (χ2n) is 9.16. The molecule has 0 aromatic heterocycles. The van der Waals surface area contributed by atoms with Gasteiger partial charge in [-0.3, -0.25) is 4.79 Å². The second-order valence-corrected chi connectivity index (χ2v) is 9.16. The minimum atomic E-state index is -0.964. The first kappa shape index (κ1) is 25.0. The summed E-state index contributed by atoms with van der Waals surface area (Å²) in [5.41, 5.74) is 4.61. The van der Waals surface area contributed by atoms with E-state index in [2.05, 4.69) is 24.5 Å². The van der Waals surface area contributed by atoms with Gasteiger partial charge < -0.3 is 20.6 Å². The lowest BCUT2D eigenvalue weighted by Gasteiger charge is -2.24. The number of carboxylic acid groups (broad SMARTS) is 1. The molecule has 1 heterocycles. The van der Waals surface area contributed by atoms with Gasteiger partial charge >= 0.3 is 12.0 Å². The summed E-state index contributed by atoms with van der Waals surface area (Å²) in [5, 5.41) is 14.9. The Morgan fingerprint density at radius 2 is 1.44 bits per heavy atom. The van der Waals surface area contributed by atoms with Gasteiger partial charge in [0.15, 0.2) is 0 Å². The number of carbonyl (C=O) groups excluding carboxylic acids is 2. The molecule has 7 nitrogen and oxygen atoms in total. The Bertz CT molecular complexity index is 1220. The van der Waals surface area contributed by atoms with E-state index in [-0.39, 0.29) is 17.5 Å². The molecule has 1 aliphatic rings. The van der Waals surface area contributed by atoms with E-state index in [0.29, 0.717) is 30.3 Å². The molecule has 3 aromatic carbocycles. The minimum Gasteiger partial charge on any atom is -0.478 e. The van der Waals surface area contributed by atoms with Crippen molar-refractivity contribution in [2.24, 2.45) is 0 Å². The molecule has 3 amide bonds. The number of benzene rings is 3. The van der Waals surface area contributed by atoms with Crippen LogP contribution in [0.2, 0.25) is 0 Å². The van der Waals surface area contributed by atoms with Crippen LogP contribution in [-0.4, -0.2) is 40.5 Å². The molecule has 1 unspecified atom stereocenters. The molecule has 0 aliphatic carbocycles. The van der Waals surface area contributed by atoms with E-state index in [1.54, 1.807) is 41.3 Å². The van der Waals surface area contributed by atoms with Gasteiger partial charge in [-0.1, -0.05) is 50.2 Å². The maximum Gasteiger partial charge on any atom is 0.335 e. The number of likely N-dealkylation sites (tertiary alicyclic amines) is 1. The Morgan fingerprint density at radius 1 is 0.889 bits per heavy atom. The highest BCUT2D eigenvalue weighted by molar-refractivity contribution is 5.99. The second kappa shape index (κ2) is 11.1. The lowest BCUT2D eigenvalue weighted by Crippen LogP contribution is -2.45. The molecule has 4 rings (SSSR count). The number of hydrogen-bond acceptors (Lipinski definition) is 3. The van der Waals surface area contributed by atoms with E-state index in [0.717, 1.165) is 24.0 Å². The van der Waals surface area contributed by atoms with Gasteiger partial charge in [-0.15, -0.1) is 0 Å². The van der Waals surface area contributed by atoms with Gasteiger partial charge in [-0.25, -0.2) is 9.59 Å². The minimum absolute atomic E-state index is 0.215. The highest BCUT2D eigenvalue weighted by Crippen LogP contribution is 2.25. The molecule has 1 fully saturated rings. The molecule has 0 radical (unpaired) electrons. The molecule has 1 aliphatic heterocycles. The molecule has 7 heteroatoms. The van der Waals surface area contributed by atoms with Crippen molar-refractivity contribution in [3.63, 3.8) is 0 Å². The summed E-state index contributed by atoms with van der Waals surface area (Å²) in [5.74, 6) is -0.713. The van der Waals surface area contributed by atoms with Crippen LogP contribution in [-0.2, 0) is 4.79 Å². The third kappa shape index (κ3) is 5.74. The van der Waals surface area contributed by atoms with Gasteiger partial charge in [-0.05, 0) is 78.3 Å². The van der Waals surface area contributed by atoms with Crippen LogP contribution in [0.1, 0.15) is 54.9 Å². The van der Waals surface area contributed by atoms with E-state index < -0.39 is 12.0 Å². The maximum absolute atomic E-state index is 13.0. The van der Waals surface area contributed by atoms with Crippen molar-refractivity contribution in [1.29, 1.82) is 0 Å². The first-order valence-corrected chi connectivity index (χ1v) is 12.3. The zero-order valence-corrected chi connectivity index (χ0v) is 20.5. The van der Waals surface area contributed by atoms with E-state index in [1.165, 1.54) is 5.56 Å². The number of rotatable bonds is 7. The smallest absolute Gasteiger partial charge is 0.335 e. The van der Waals surface area contributed by atoms with E-state index in [4.69, 9.17) is 5.11 Å². The first-order valence-electron chi connectivity index (χ1n) is 12.3. The third-order valence-corrected chi connectivity index (χ3v) is 6.78. The predicted molar refractivity (Wildman–Crippen MR) is 141 cm³/mol. The predicted octanol–water partition coefficient (Wildman–Crippen LogP) is 6.20. The summed E-state index contributed by atoms with van der Waals surface area (Å²) >= 11 is 0. The molecular formula is C29H31N3O4. The molecule has 186 valence electrons. The number of nitrogens with zero attached hydrogens (tertiary/aromatic N) is 1. The normalized spacial score (nSPS) is 15.8. The number of amides is 3. The Morgan fingerprint density at radius 3 is 2.03 bits per heavy atom. The van der Waals surface area contributed by atoms with Crippen molar-refractivity contribution in [3.05, 3.63) is 83.9 Å². The summed E-state index contributed by atoms with van der Waals surface area (Å²) in [6.45, 7) is 4.85. The summed E-state index contributed by atoms with van der Waals surface area (Å²) in [7, 11) is 0. The molecule has 1 saturated heterocycles. The number of anilines is 2. The van der Waals surface area contributed by atoms with Crippen LogP contribution in [0.3, 0.4) is 0 Å². The van der Waals surface area contributed by atoms with Crippen molar-refractivity contribution in [3.8, 4) is 11.1 Å². The van der Waals surface area contributed by atoms with Crippen LogP contribution in [0.4, 0.5) is 16.2 Å². The van der Waals surface area contributed by atoms with Crippen molar-refractivity contribution in [2.45, 2.75) is 45.1 Å². The Kier molecular flexibility index (Phi) is 7.68. The fraction of sp³-hybridized carbons (Fsp3) is 0.276. The van der Waals surface area contributed by atoms with Crippen LogP contribution < -0.4 is 10.6 Å². The maximum atomic E-state index is 13.0. The molecule has 36 heavy (non-hydrogen) atoms. The molecule has 0 bridgehead atoms. The fourth-order valence-electron chi connectivity index (χ4n) is 4.39. The van der Waals surface area contributed by atoms with Gasteiger partial charge in [-0.2, -0.15) is 0 Å². The number of carboxylic acids is 1. The number of carbonyl (C=O) groups is 3. The van der Waals surface area contributed by atoms with Crippen molar-refractivity contribution in [1.82, 2.24) is 4.90 Å². The third-order valence-electron chi connectivity index (χ3n) is 6.78. The first-order chi connectivity index (χ1) is 17.4. The number of nitrogens with one attached hydrogen (secondary N) is 2. The quantitative estimate of drug-likeness (QED) is 0.371. The average Bonchev–Trinajstić information content (AvgIpc) is 3.40. The molecule has 2 atom stereocenters. The summed E-state index contributed by atoms with van der Waals surface area (Å²) < 4.78 is 0. The van der Waals surface area contributed by atoms with E-state index in [9.17, 15) is 14.4 Å². The van der Waals surface area contributed by atoms with Gasteiger partial charge in [0, 0.05) is 17.9 Å². The number of aromatic carboxylic acids is 1. The zero-order valence-electron chi connectivity index (χ0n) is 20.5. The Hall–Kier alpha value is -4.13. The van der Waals surface area contributed by atoms with Crippen molar-refractivity contribution in [2.75, 3.05) is 17.2 Å². The van der Waals surface area contributed by atoms with E-state index in [1.807, 2.05) is 36.4 Å². The zero-order chi connectivity index (χ0) is 25.7. The summed E-state index contributed by atoms with van der Waals surface area (Å²) in [6, 6.07) is 21.0. The lowest BCUT2D eigenvalue weighted by molar-refractivity contribution is -0.119. The topological polar surface area (TPSA) is 98.7 Å². The van der Waals surface area contributed by atoms with Crippen LogP contribution in [0.5, 0.6) is 0 Å². The Labute approximate surface area is 211 Å². The largest absolute Gasteiger partial charge is 0.478 e. The molecular weight excluding hydrogens is 454 g/mol. The molecule has 0 spiro atoms. The highest BCUT2D eigenvalue weighted by atomic mass is 16.4. The molecule has 0 saturated carbocycles. The highest BCUT2D eigenvalue weighted by Gasteiger charge is 2.34. The van der Waals surface area contributed by atoms with Crippen LogP contribution in [0, 0.1) is 0 Å². The number of hydrogen-bond donors (Lipinski definition) is 3. The van der Waals surface area contributed by atoms with Gasteiger partial charge in [0.05, 0.1) is 5.56 Å². The molecule has 3 N–H and O–H groups in total. The average molecular weight is 486 g/mol. The van der Waals surface area contributed by atoms with Crippen molar-refractivity contribution >= 4 is 29.3 Å². The van der Waals surface area contributed by atoms with Gasteiger partial charge in [0.1, 0.15) is 6.04 Å². The SMILES string of the molecule is CCC(C)c1ccc(NC(=O)N2CCC[C@@H]2C(=O)Nc2ccc(-c3ccc(C(=O)O)cc3)cc2)cc1. The van der Waals surface area contributed by atoms with Crippen LogP contribution in [0.25, 0.3) is 11.1 Å². The van der Waals surface area contributed by atoms with Gasteiger partial charge in [0.25, 0.3) is 0 Å². The summed E-state index contributed by atoms with van der Waals surface area (Å²) in [4.78, 5) is 38.6. The van der Waals surface area contributed by atoms with Crippen LogP contribution in [0.15, 0.2) is 72.8 Å². The number of urea groups is 1. The van der Waals surface area contributed by atoms with Gasteiger partial charge in [0.2, 0.25) is 5.91 Å². The lowest BCUT2D eigenvalue weighted by atomic mass is 9.99. The van der Waals surface area contributed by atoms with E-state index >= 15 is 0 Å². The van der Waals surface area contributed by atoms with Crippen molar-refractivity contribution < 1.29 is 19.5 Å². The standard InChI is InChI=1S/C29H31N3O4/c1-3-19(2)20-10-14-25(15-11-20)31-29(36)32-18-4-5-26(32)27(33)30-24-16-12-22(13-17-24)21-6-8-23(9-7-21)28(34)35/h6-17,19,26H,3-5,18H2,1-2H3,(H,30,33)(H,31,36)(H,34,35)/t19?,26-/m1/s1. The fourth-order valence-corrected chi connectivity index (χ4v) is 4.39. The molecule has 3 aromatic rings. The Balaban J connectivity index is 1.36. The monoisotopic (exact) mass is 485 g/mol. The summed E-state index contributed by atoms with van der Waals surface area (Å²) in [6.07, 6.45) is 2.43. The van der Waals surface area contributed by atoms with Crippen LogP contribution >= 0.6 is 0 Å².